The lowest BCUT2D eigenvalue weighted by atomic mass is 9.96. The van der Waals surface area contributed by atoms with Gasteiger partial charge in [0.05, 0.1) is 16.6 Å². The van der Waals surface area contributed by atoms with Gasteiger partial charge in [0.2, 0.25) is 0 Å². The van der Waals surface area contributed by atoms with E-state index in [0.717, 1.165) is 88.5 Å². The third kappa shape index (κ3) is 5.69. The molecule has 13 rings (SSSR count). The molecule has 4 aromatic heterocycles. The third-order valence-electron chi connectivity index (χ3n) is 12.3. The van der Waals surface area contributed by atoms with Crippen LogP contribution in [0.4, 0.5) is 0 Å². The molecule has 0 atom stereocenters. The van der Waals surface area contributed by atoms with Gasteiger partial charge in [-0.15, -0.1) is 0 Å². The minimum atomic E-state index is 0.548. The summed E-state index contributed by atoms with van der Waals surface area (Å²) in [6.45, 7) is 0. The van der Waals surface area contributed by atoms with Gasteiger partial charge >= 0.3 is 0 Å². The van der Waals surface area contributed by atoms with E-state index in [1.165, 1.54) is 21.8 Å². The van der Waals surface area contributed by atoms with Crippen molar-refractivity contribution in [1.82, 2.24) is 19.5 Å². The summed E-state index contributed by atoms with van der Waals surface area (Å²) in [6, 6.07) is 71.6. The van der Waals surface area contributed by atoms with Crippen LogP contribution in [-0.4, -0.2) is 19.5 Å². The predicted octanol–water partition coefficient (Wildman–Crippen LogP) is 15.1. The Morgan fingerprint density at radius 2 is 0.905 bits per heavy atom. The fraction of sp³-hybridized carbons (Fsp3) is 0. The maximum Gasteiger partial charge on any atom is 0.167 e. The van der Waals surface area contributed by atoms with Crippen LogP contribution in [0.1, 0.15) is 0 Å². The standard InChI is InChI=1S/C57H34N4O2/c1-3-14-35(15-4-1)55-58-56(60-57(59-55)45-24-12-23-44-43-21-8-10-26-50(43)63-54(44)45)39-17-11-16-38(32-39)41-22-13-27-52-53(41)47-34-37(29-31-51(47)62-52)36-28-30-49-46(33-36)42-20-7-9-25-48(42)61(49)40-18-5-2-6-19-40/h1-34H. The van der Waals surface area contributed by atoms with Gasteiger partial charge in [-0.1, -0.05) is 140 Å². The second kappa shape index (κ2) is 14.0. The second-order valence-corrected chi connectivity index (χ2v) is 15.9. The van der Waals surface area contributed by atoms with E-state index in [2.05, 4.69) is 150 Å². The molecule has 0 aliphatic rings. The topological polar surface area (TPSA) is 69.9 Å². The summed E-state index contributed by atoms with van der Waals surface area (Å²) in [6.07, 6.45) is 0. The lowest BCUT2D eigenvalue weighted by molar-refractivity contribution is 0.669. The summed E-state index contributed by atoms with van der Waals surface area (Å²) in [5.74, 6) is 1.71. The first-order valence-corrected chi connectivity index (χ1v) is 21.1. The normalized spacial score (nSPS) is 11.8. The molecule has 0 aliphatic heterocycles. The molecule has 0 fully saturated rings. The highest BCUT2D eigenvalue weighted by Gasteiger charge is 2.20. The molecule has 63 heavy (non-hydrogen) atoms. The van der Waals surface area contributed by atoms with Crippen LogP contribution in [0.25, 0.3) is 128 Å². The maximum atomic E-state index is 6.54. The van der Waals surface area contributed by atoms with E-state index >= 15 is 0 Å². The molecule has 0 spiro atoms. The summed E-state index contributed by atoms with van der Waals surface area (Å²) in [5, 5.41) is 6.64. The highest BCUT2D eigenvalue weighted by atomic mass is 16.3. The number of hydrogen-bond acceptors (Lipinski definition) is 5. The van der Waals surface area contributed by atoms with Gasteiger partial charge in [0.15, 0.2) is 17.5 Å². The molecule has 13 aromatic rings. The first kappa shape index (κ1) is 35.2. The molecule has 0 bridgehead atoms. The Kier molecular flexibility index (Phi) is 7.80. The molecule has 294 valence electrons. The number of rotatable bonds is 6. The van der Waals surface area contributed by atoms with E-state index in [4.69, 9.17) is 23.8 Å². The van der Waals surface area contributed by atoms with Crippen molar-refractivity contribution in [3.8, 4) is 62.1 Å². The lowest BCUT2D eigenvalue weighted by Gasteiger charge is -2.10. The minimum Gasteiger partial charge on any atom is -0.456 e. The summed E-state index contributed by atoms with van der Waals surface area (Å²) < 4.78 is 15.3. The zero-order valence-corrected chi connectivity index (χ0v) is 33.7. The van der Waals surface area contributed by atoms with Crippen LogP contribution in [0.3, 0.4) is 0 Å². The molecular weight excluding hydrogens is 773 g/mol. The van der Waals surface area contributed by atoms with Gasteiger partial charge in [-0.25, -0.2) is 15.0 Å². The van der Waals surface area contributed by atoms with Crippen LogP contribution in [0.15, 0.2) is 215 Å². The average Bonchev–Trinajstić information content (AvgIpc) is 4.04. The Hall–Kier alpha value is -8.61. The molecule has 0 unspecified atom stereocenters. The molecule has 0 saturated heterocycles. The highest BCUT2D eigenvalue weighted by molar-refractivity contribution is 6.15. The molecular formula is C57H34N4O2. The Balaban J connectivity index is 0.945. The third-order valence-corrected chi connectivity index (χ3v) is 12.3. The summed E-state index contributed by atoms with van der Waals surface area (Å²) in [7, 11) is 0. The number of nitrogens with zero attached hydrogens (tertiary/aromatic N) is 4. The second-order valence-electron chi connectivity index (χ2n) is 15.9. The Morgan fingerprint density at radius 1 is 0.317 bits per heavy atom. The van der Waals surface area contributed by atoms with Gasteiger partial charge < -0.3 is 13.4 Å². The van der Waals surface area contributed by atoms with Gasteiger partial charge in [0, 0.05) is 49.1 Å². The first-order chi connectivity index (χ1) is 31.2. The fourth-order valence-corrected chi connectivity index (χ4v) is 9.35. The summed E-state index contributed by atoms with van der Waals surface area (Å²) >= 11 is 0. The van der Waals surface area contributed by atoms with Crippen LogP contribution in [0, 0.1) is 0 Å². The Bertz CT molecular complexity index is 3920. The van der Waals surface area contributed by atoms with Crippen molar-refractivity contribution in [2.24, 2.45) is 0 Å². The molecule has 0 N–H and O–H groups in total. The largest absolute Gasteiger partial charge is 0.456 e. The number of fused-ring (bicyclic) bond motifs is 9. The maximum absolute atomic E-state index is 6.54. The average molecular weight is 807 g/mol. The quantitative estimate of drug-likeness (QED) is 0.167. The minimum absolute atomic E-state index is 0.548. The van der Waals surface area contributed by atoms with E-state index in [1.54, 1.807) is 0 Å². The van der Waals surface area contributed by atoms with Gasteiger partial charge in [-0.3, -0.25) is 0 Å². The van der Waals surface area contributed by atoms with Crippen molar-refractivity contribution in [1.29, 1.82) is 0 Å². The van der Waals surface area contributed by atoms with E-state index in [1.807, 2.05) is 60.7 Å². The molecule has 6 heteroatoms. The van der Waals surface area contributed by atoms with Gasteiger partial charge in [0.1, 0.15) is 22.3 Å². The van der Waals surface area contributed by atoms with Gasteiger partial charge in [0.25, 0.3) is 0 Å². The SMILES string of the molecule is c1ccc(-c2nc(-c3cccc(-c4cccc5oc6ccc(-c7ccc8c(c7)c7ccccc7n8-c7ccccc7)cc6c45)c3)nc(-c3cccc4c3oc3ccccc34)n2)cc1. The van der Waals surface area contributed by atoms with Crippen LogP contribution >= 0.6 is 0 Å². The van der Waals surface area contributed by atoms with Crippen molar-refractivity contribution in [2.75, 3.05) is 0 Å². The van der Waals surface area contributed by atoms with Gasteiger partial charge in [-0.05, 0) is 89.0 Å². The van der Waals surface area contributed by atoms with Crippen molar-refractivity contribution in [3.05, 3.63) is 206 Å². The fourth-order valence-electron chi connectivity index (χ4n) is 9.35. The smallest absolute Gasteiger partial charge is 0.167 e. The van der Waals surface area contributed by atoms with E-state index < -0.39 is 0 Å². The molecule has 4 heterocycles. The number of benzene rings is 9. The van der Waals surface area contributed by atoms with Crippen LogP contribution in [-0.2, 0) is 0 Å². The zero-order chi connectivity index (χ0) is 41.4. The first-order valence-electron chi connectivity index (χ1n) is 21.1. The van der Waals surface area contributed by atoms with E-state index in [9.17, 15) is 0 Å². The predicted molar refractivity (Wildman–Crippen MR) is 256 cm³/mol. The number of para-hydroxylation sites is 4. The van der Waals surface area contributed by atoms with Crippen molar-refractivity contribution >= 4 is 65.7 Å². The number of aromatic nitrogens is 4. The highest BCUT2D eigenvalue weighted by Crippen LogP contribution is 2.41. The molecule has 6 nitrogen and oxygen atoms in total. The molecule has 0 amide bonds. The van der Waals surface area contributed by atoms with Crippen LogP contribution in [0.5, 0.6) is 0 Å². The van der Waals surface area contributed by atoms with Crippen molar-refractivity contribution in [2.45, 2.75) is 0 Å². The van der Waals surface area contributed by atoms with Crippen LogP contribution < -0.4 is 0 Å². The van der Waals surface area contributed by atoms with E-state index in [-0.39, 0.29) is 0 Å². The monoisotopic (exact) mass is 806 g/mol. The molecule has 9 aromatic carbocycles. The zero-order valence-electron chi connectivity index (χ0n) is 33.7. The van der Waals surface area contributed by atoms with Crippen molar-refractivity contribution in [3.63, 3.8) is 0 Å². The van der Waals surface area contributed by atoms with Crippen molar-refractivity contribution < 1.29 is 8.83 Å². The lowest BCUT2D eigenvalue weighted by Crippen LogP contribution is -2.00. The van der Waals surface area contributed by atoms with E-state index in [0.29, 0.717) is 17.5 Å². The summed E-state index contributed by atoms with van der Waals surface area (Å²) in [5.41, 5.74) is 13.7. The van der Waals surface area contributed by atoms with Crippen LogP contribution in [0.2, 0.25) is 0 Å². The number of furan rings is 2. The Morgan fingerprint density at radius 3 is 1.78 bits per heavy atom. The molecule has 0 saturated carbocycles. The summed E-state index contributed by atoms with van der Waals surface area (Å²) in [4.78, 5) is 15.3. The molecule has 0 aliphatic carbocycles. The Labute approximate surface area is 361 Å². The number of hydrogen-bond donors (Lipinski definition) is 0. The molecule has 0 radical (unpaired) electrons. The van der Waals surface area contributed by atoms with Gasteiger partial charge in [-0.2, -0.15) is 0 Å².